The van der Waals surface area contributed by atoms with E-state index in [2.05, 4.69) is 0 Å². The zero-order valence-corrected chi connectivity index (χ0v) is 14.3. The topological polar surface area (TPSA) is 97.5 Å². The van der Waals surface area contributed by atoms with E-state index in [0.29, 0.717) is 6.42 Å². The minimum absolute atomic E-state index is 0.0649. The highest BCUT2D eigenvalue weighted by Gasteiger charge is 2.40. The molecule has 0 aromatic heterocycles. The average molecular weight is 363 g/mol. The zero-order chi connectivity index (χ0) is 19.4. The van der Waals surface area contributed by atoms with Crippen LogP contribution < -0.4 is 0 Å². The Morgan fingerprint density at radius 2 is 1.67 bits per heavy atom. The molecule has 2 aromatic rings. The van der Waals surface area contributed by atoms with E-state index in [1.54, 1.807) is 24.3 Å². The third-order valence-corrected chi connectivity index (χ3v) is 4.57. The van der Waals surface area contributed by atoms with Crippen LogP contribution in [0.3, 0.4) is 0 Å². The molecule has 136 valence electrons. The number of Topliss-reactive ketones (excluding diaryl/α,β-unsaturated/α-hetero) is 1. The fourth-order valence-corrected chi connectivity index (χ4v) is 3.28. The Kier molecular flexibility index (Phi) is 5.26. The van der Waals surface area contributed by atoms with Crippen molar-refractivity contribution in [2.75, 3.05) is 0 Å². The maximum absolute atomic E-state index is 12.9. The van der Waals surface area contributed by atoms with E-state index in [4.69, 9.17) is 0 Å². The van der Waals surface area contributed by atoms with Crippen molar-refractivity contribution in [2.45, 2.75) is 12.3 Å². The van der Waals surface area contributed by atoms with Gasteiger partial charge in [-0.2, -0.15) is 0 Å². The normalized spacial score (nSPS) is 17.6. The summed E-state index contributed by atoms with van der Waals surface area (Å²) in [5.41, 5.74) is 1.21. The molecule has 3 rings (SSSR count). The minimum Gasteiger partial charge on any atom is -0.480 e. The van der Waals surface area contributed by atoms with Crippen LogP contribution in [0.25, 0.3) is 0 Å². The Labute approximate surface area is 155 Å². The van der Waals surface area contributed by atoms with Crippen LogP contribution in [0.1, 0.15) is 17.0 Å². The molecule has 0 aliphatic heterocycles. The third-order valence-electron chi connectivity index (χ3n) is 4.57. The number of nitro groups is 1. The summed E-state index contributed by atoms with van der Waals surface area (Å²) in [5.74, 6) is -4.08. The Bertz CT molecular complexity index is 932. The smallest absolute Gasteiger partial charge is 0.318 e. The van der Waals surface area contributed by atoms with E-state index in [9.17, 15) is 24.8 Å². The summed E-state index contributed by atoms with van der Waals surface area (Å²) >= 11 is 0. The van der Waals surface area contributed by atoms with Crippen LogP contribution in [0.4, 0.5) is 0 Å². The number of carbonyl (C=O) groups excluding carboxylic acids is 1. The average Bonchev–Trinajstić information content (AvgIpc) is 2.67. The summed E-state index contributed by atoms with van der Waals surface area (Å²) in [5, 5.41) is 20.9. The van der Waals surface area contributed by atoms with E-state index >= 15 is 0 Å². The minimum atomic E-state index is -1.41. The summed E-state index contributed by atoms with van der Waals surface area (Å²) in [6, 6.07) is 18.3. The number of carboxylic acid groups (broad SMARTS) is 1. The van der Waals surface area contributed by atoms with Gasteiger partial charge < -0.3 is 5.11 Å². The van der Waals surface area contributed by atoms with Gasteiger partial charge in [-0.1, -0.05) is 66.7 Å². The highest BCUT2D eigenvalue weighted by atomic mass is 16.6. The standard InChI is InChI=1S/C21H17NO5/c23-20-16(21(24)25)11-12-18(22(26)27)19(20)17(15-9-5-2-6-10-15)13-14-7-3-1-4-8-14/h1-12,16-17H,13H2,(H,24,25). The van der Waals surface area contributed by atoms with Crippen LogP contribution >= 0.6 is 0 Å². The lowest BCUT2D eigenvalue weighted by Crippen LogP contribution is -2.31. The number of aliphatic carboxylic acids is 1. The van der Waals surface area contributed by atoms with Crippen molar-refractivity contribution >= 4 is 11.8 Å². The van der Waals surface area contributed by atoms with Gasteiger partial charge in [0.1, 0.15) is 5.92 Å². The summed E-state index contributed by atoms with van der Waals surface area (Å²) in [7, 11) is 0. The summed E-state index contributed by atoms with van der Waals surface area (Å²) in [6.45, 7) is 0. The zero-order valence-electron chi connectivity index (χ0n) is 14.3. The van der Waals surface area contributed by atoms with Crippen LogP contribution in [-0.4, -0.2) is 21.8 Å². The Morgan fingerprint density at radius 3 is 2.22 bits per heavy atom. The maximum Gasteiger partial charge on any atom is 0.318 e. The molecule has 2 atom stereocenters. The van der Waals surface area contributed by atoms with E-state index in [1.165, 1.54) is 0 Å². The summed E-state index contributed by atoms with van der Waals surface area (Å²) in [4.78, 5) is 35.3. The maximum atomic E-state index is 12.9. The van der Waals surface area contributed by atoms with Crippen molar-refractivity contribution in [3.8, 4) is 0 Å². The molecule has 1 aliphatic carbocycles. The molecule has 0 heterocycles. The number of allylic oxidation sites excluding steroid dienone is 2. The van der Waals surface area contributed by atoms with Gasteiger partial charge in [0, 0.05) is 12.0 Å². The highest BCUT2D eigenvalue weighted by molar-refractivity contribution is 6.11. The number of nitrogens with zero attached hydrogens (tertiary/aromatic N) is 1. The van der Waals surface area contributed by atoms with Gasteiger partial charge in [-0.3, -0.25) is 19.7 Å². The van der Waals surface area contributed by atoms with Gasteiger partial charge in [0.25, 0.3) is 5.70 Å². The van der Waals surface area contributed by atoms with E-state index in [0.717, 1.165) is 23.3 Å². The Morgan fingerprint density at radius 1 is 1.07 bits per heavy atom. The van der Waals surface area contributed by atoms with Crippen molar-refractivity contribution in [3.63, 3.8) is 0 Å². The monoisotopic (exact) mass is 363 g/mol. The molecule has 1 N–H and O–H groups in total. The molecule has 0 amide bonds. The van der Waals surface area contributed by atoms with Gasteiger partial charge in [-0.25, -0.2) is 0 Å². The molecule has 0 spiro atoms. The second-order valence-corrected chi connectivity index (χ2v) is 6.25. The predicted molar refractivity (Wildman–Crippen MR) is 98.6 cm³/mol. The fourth-order valence-electron chi connectivity index (χ4n) is 3.28. The number of carboxylic acids is 1. The SMILES string of the molecule is O=C(O)C1C=CC([N+](=O)[O-])=C(C(Cc2ccccc2)c2ccccc2)C1=O. The second kappa shape index (κ2) is 7.78. The quantitative estimate of drug-likeness (QED) is 0.482. The van der Waals surface area contributed by atoms with Crippen molar-refractivity contribution in [1.29, 1.82) is 0 Å². The first-order chi connectivity index (χ1) is 13.0. The molecule has 27 heavy (non-hydrogen) atoms. The van der Waals surface area contributed by atoms with Crippen molar-refractivity contribution in [2.24, 2.45) is 5.92 Å². The van der Waals surface area contributed by atoms with Crippen molar-refractivity contribution in [1.82, 2.24) is 0 Å². The first kappa shape index (κ1) is 18.3. The first-order valence-electron chi connectivity index (χ1n) is 8.41. The lowest BCUT2D eigenvalue weighted by Gasteiger charge is -2.23. The number of carbonyl (C=O) groups is 2. The molecule has 0 saturated heterocycles. The molecule has 2 unspecified atom stereocenters. The second-order valence-electron chi connectivity index (χ2n) is 6.25. The lowest BCUT2D eigenvalue weighted by atomic mass is 9.77. The Balaban J connectivity index is 2.15. The van der Waals surface area contributed by atoms with Crippen LogP contribution in [-0.2, 0) is 16.0 Å². The molecule has 0 bridgehead atoms. The predicted octanol–water partition coefficient (Wildman–Crippen LogP) is 3.38. The molecule has 6 heteroatoms. The van der Waals surface area contributed by atoms with Gasteiger partial charge in [-0.05, 0) is 17.5 Å². The molecule has 1 aliphatic rings. The van der Waals surface area contributed by atoms with Gasteiger partial charge in [0.2, 0.25) is 0 Å². The van der Waals surface area contributed by atoms with Crippen LogP contribution in [0, 0.1) is 16.0 Å². The molecule has 0 radical (unpaired) electrons. The van der Waals surface area contributed by atoms with Gasteiger partial charge in [0.15, 0.2) is 5.78 Å². The van der Waals surface area contributed by atoms with Gasteiger partial charge in [0.05, 0.1) is 10.5 Å². The van der Waals surface area contributed by atoms with E-state index in [-0.39, 0.29) is 11.3 Å². The molecular formula is C21H17NO5. The van der Waals surface area contributed by atoms with Crippen LogP contribution in [0.2, 0.25) is 0 Å². The lowest BCUT2D eigenvalue weighted by molar-refractivity contribution is -0.420. The number of hydrogen-bond acceptors (Lipinski definition) is 4. The first-order valence-corrected chi connectivity index (χ1v) is 8.41. The van der Waals surface area contributed by atoms with E-state index < -0.39 is 28.5 Å². The van der Waals surface area contributed by atoms with Gasteiger partial charge >= 0.3 is 5.97 Å². The number of benzene rings is 2. The fraction of sp³-hybridized carbons (Fsp3) is 0.143. The highest BCUT2D eigenvalue weighted by Crippen LogP contribution is 2.36. The number of rotatable bonds is 6. The molecule has 6 nitrogen and oxygen atoms in total. The van der Waals surface area contributed by atoms with Crippen LogP contribution in [0.5, 0.6) is 0 Å². The van der Waals surface area contributed by atoms with Gasteiger partial charge in [-0.15, -0.1) is 0 Å². The number of hydrogen-bond donors (Lipinski definition) is 1. The van der Waals surface area contributed by atoms with Crippen molar-refractivity contribution in [3.05, 3.63) is 105 Å². The number of ketones is 1. The molecular weight excluding hydrogens is 346 g/mol. The summed E-state index contributed by atoms with van der Waals surface area (Å²) < 4.78 is 0. The molecule has 0 saturated carbocycles. The van der Waals surface area contributed by atoms with E-state index in [1.807, 2.05) is 36.4 Å². The van der Waals surface area contributed by atoms with Crippen molar-refractivity contribution < 1.29 is 19.6 Å². The molecule has 0 fully saturated rings. The summed E-state index contributed by atoms with van der Waals surface area (Å²) in [6.07, 6.45) is 2.57. The third kappa shape index (κ3) is 3.84. The van der Waals surface area contributed by atoms with Crippen LogP contribution in [0.15, 0.2) is 84.1 Å². The molecule has 2 aromatic carbocycles. The Hall–Kier alpha value is -3.54. The largest absolute Gasteiger partial charge is 0.480 e.